The summed E-state index contributed by atoms with van der Waals surface area (Å²) in [6.07, 6.45) is -0.622. The number of carbonyl (C=O) groups excluding carboxylic acids is 1. The molecular weight excluding hydrogens is 254 g/mol. The van der Waals surface area contributed by atoms with E-state index >= 15 is 0 Å². The fourth-order valence-corrected chi connectivity index (χ4v) is 1.77. The van der Waals surface area contributed by atoms with Gasteiger partial charge in [-0.05, 0) is 13.0 Å². The molecule has 1 aliphatic rings. The highest BCUT2D eigenvalue weighted by atomic mass is 16.6. The molecule has 7 nitrogen and oxygen atoms in total. The average molecular weight is 269 g/mol. The van der Waals surface area contributed by atoms with E-state index in [4.69, 9.17) is 19.0 Å². The first-order valence-electron chi connectivity index (χ1n) is 5.87. The zero-order valence-electron chi connectivity index (χ0n) is 10.5. The van der Waals surface area contributed by atoms with Crippen LogP contribution in [0.5, 0.6) is 0 Å². The molecule has 2 N–H and O–H groups in total. The van der Waals surface area contributed by atoms with Crippen LogP contribution in [0.1, 0.15) is 21.9 Å². The molecule has 1 aliphatic heterocycles. The van der Waals surface area contributed by atoms with Gasteiger partial charge in [0.1, 0.15) is 17.1 Å². The van der Waals surface area contributed by atoms with Gasteiger partial charge in [-0.3, -0.25) is 4.79 Å². The van der Waals surface area contributed by atoms with Crippen LogP contribution in [0.3, 0.4) is 0 Å². The Morgan fingerprint density at radius 1 is 1.47 bits per heavy atom. The molecule has 0 aliphatic carbocycles. The van der Waals surface area contributed by atoms with Gasteiger partial charge in [0.2, 0.25) is 0 Å². The van der Waals surface area contributed by atoms with Crippen molar-refractivity contribution in [3.63, 3.8) is 0 Å². The van der Waals surface area contributed by atoms with Crippen molar-refractivity contribution in [2.24, 2.45) is 0 Å². The summed E-state index contributed by atoms with van der Waals surface area (Å²) in [5.74, 6) is -0.651. The predicted molar refractivity (Wildman–Crippen MR) is 62.8 cm³/mol. The molecule has 0 unspecified atom stereocenters. The van der Waals surface area contributed by atoms with Gasteiger partial charge in [-0.2, -0.15) is 0 Å². The second kappa shape index (κ2) is 5.85. The van der Waals surface area contributed by atoms with E-state index in [1.807, 2.05) is 0 Å². The first-order chi connectivity index (χ1) is 9.08. The molecular formula is C12H15NO6. The Morgan fingerprint density at radius 3 is 2.84 bits per heavy atom. The van der Waals surface area contributed by atoms with Gasteiger partial charge in [0.05, 0.1) is 26.4 Å². The number of hydrogen-bond donors (Lipinski definition) is 2. The van der Waals surface area contributed by atoms with Gasteiger partial charge < -0.3 is 24.3 Å². The third kappa shape index (κ3) is 3.33. The third-order valence-electron chi connectivity index (χ3n) is 2.74. The van der Waals surface area contributed by atoms with Crippen molar-refractivity contribution < 1.29 is 28.6 Å². The molecule has 0 aromatic carbocycles. The fourth-order valence-electron chi connectivity index (χ4n) is 1.77. The maximum atomic E-state index is 11.7. The van der Waals surface area contributed by atoms with Crippen molar-refractivity contribution in [1.29, 1.82) is 0 Å². The molecule has 0 bridgehead atoms. The van der Waals surface area contributed by atoms with E-state index in [2.05, 4.69) is 5.32 Å². The van der Waals surface area contributed by atoms with Crippen molar-refractivity contribution >= 4 is 11.9 Å². The minimum Gasteiger partial charge on any atom is -0.478 e. The second-order valence-electron chi connectivity index (χ2n) is 4.14. The van der Waals surface area contributed by atoms with E-state index in [1.165, 1.54) is 6.07 Å². The highest BCUT2D eigenvalue weighted by molar-refractivity contribution is 5.88. The number of rotatable bonds is 4. The van der Waals surface area contributed by atoms with E-state index in [1.54, 1.807) is 6.92 Å². The minimum atomic E-state index is -1.05. The topological polar surface area (TPSA) is 98.0 Å². The summed E-state index contributed by atoms with van der Waals surface area (Å²) in [6.45, 7) is 2.79. The molecule has 1 aromatic rings. The standard InChI is InChI=1S/C12H15NO6/c1-7-9(12(15)16)4-8(19-7)5-13-11(14)10-6-17-2-3-18-10/h4,10H,2-3,5-6H2,1H3,(H,13,14)(H,15,16)/t10-/m0/s1. The Kier molecular flexibility index (Phi) is 4.18. The summed E-state index contributed by atoms with van der Waals surface area (Å²) >= 11 is 0. The van der Waals surface area contributed by atoms with Crippen LogP contribution in [-0.4, -0.2) is 42.9 Å². The maximum absolute atomic E-state index is 11.7. The summed E-state index contributed by atoms with van der Waals surface area (Å²) in [5.41, 5.74) is 0.0986. The molecule has 1 atom stereocenters. The van der Waals surface area contributed by atoms with E-state index in [0.717, 1.165) is 0 Å². The summed E-state index contributed by atoms with van der Waals surface area (Å²) in [4.78, 5) is 22.6. The molecule has 1 saturated heterocycles. The molecule has 0 saturated carbocycles. The highest BCUT2D eigenvalue weighted by Crippen LogP contribution is 2.14. The van der Waals surface area contributed by atoms with Crippen molar-refractivity contribution in [3.05, 3.63) is 23.2 Å². The summed E-state index contributed by atoms with van der Waals surface area (Å²) < 4.78 is 15.6. The number of nitrogens with one attached hydrogen (secondary N) is 1. The minimum absolute atomic E-state index is 0.0986. The van der Waals surface area contributed by atoms with Crippen molar-refractivity contribution in [2.45, 2.75) is 19.6 Å². The zero-order chi connectivity index (χ0) is 13.8. The normalized spacial score (nSPS) is 19.1. The number of furan rings is 1. The number of ether oxygens (including phenoxy) is 2. The number of carbonyl (C=O) groups is 2. The van der Waals surface area contributed by atoms with Crippen LogP contribution in [0.15, 0.2) is 10.5 Å². The summed E-state index contributed by atoms with van der Waals surface area (Å²) in [5, 5.41) is 11.5. The number of carboxylic acid groups (broad SMARTS) is 1. The molecule has 7 heteroatoms. The average Bonchev–Trinajstić information content (AvgIpc) is 2.78. The van der Waals surface area contributed by atoms with Crippen molar-refractivity contribution in [2.75, 3.05) is 19.8 Å². The first-order valence-corrected chi connectivity index (χ1v) is 5.87. The lowest BCUT2D eigenvalue weighted by atomic mass is 10.2. The van der Waals surface area contributed by atoms with Crippen LogP contribution >= 0.6 is 0 Å². The van der Waals surface area contributed by atoms with E-state index in [-0.39, 0.29) is 24.6 Å². The number of aryl methyl sites for hydroxylation is 1. The van der Waals surface area contributed by atoms with Gasteiger partial charge in [0.25, 0.3) is 5.91 Å². The third-order valence-corrected chi connectivity index (χ3v) is 2.74. The lowest BCUT2D eigenvalue weighted by Crippen LogP contribution is -2.42. The molecule has 1 fully saturated rings. The van der Waals surface area contributed by atoms with Crippen LogP contribution in [0.25, 0.3) is 0 Å². The Bertz CT molecular complexity index is 475. The van der Waals surface area contributed by atoms with Gasteiger partial charge in [0.15, 0.2) is 6.10 Å². The fraction of sp³-hybridized carbons (Fsp3) is 0.500. The van der Waals surface area contributed by atoms with Gasteiger partial charge in [0, 0.05) is 0 Å². The molecule has 19 heavy (non-hydrogen) atoms. The van der Waals surface area contributed by atoms with Crippen LogP contribution in [0.4, 0.5) is 0 Å². The molecule has 0 spiro atoms. The maximum Gasteiger partial charge on any atom is 0.339 e. The largest absolute Gasteiger partial charge is 0.478 e. The van der Waals surface area contributed by atoms with E-state index < -0.39 is 12.1 Å². The molecule has 1 amide bonds. The Hall–Kier alpha value is -1.86. The lowest BCUT2D eigenvalue weighted by Gasteiger charge is -2.21. The van der Waals surface area contributed by atoms with E-state index in [0.29, 0.717) is 24.7 Å². The SMILES string of the molecule is Cc1oc(CNC(=O)[C@@H]2COCCO2)cc1C(=O)O. The van der Waals surface area contributed by atoms with Crippen molar-refractivity contribution in [3.8, 4) is 0 Å². The number of carboxylic acids is 1. The van der Waals surface area contributed by atoms with Crippen LogP contribution in [0, 0.1) is 6.92 Å². The summed E-state index contributed by atoms with van der Waals surface area (Å²) in [6, 6.07) is 1.40. The zero-order valence-corrected chi connectivity index (χ0v) is 10.5. The molecule has 104 valence electrons. The Labute approximate surface area is 109 Å². The first kappa shape index (κ1) is 13.6. The van der Waals surface area contributed by atoms with E-state index in [9.17, 15) is 9.59 Å². The van der Waals surface area contributed by atoms with Crippen molar-refractivity contribution in [1.82, 2.24) is 5.32 Å². The highest BCUT2D eigenvalue weighted by Gasteiger charge is 2.23. The monoisotopic (exact) mass is 269 g/mol. The van der Waals surface area contributed by atoms with Crippen LogP contribution < -0.4 is 5.32 Å². The lowest BCUT2D eigenvalue weighted by molar-refractivity contribution is -0.147. The Morgan fingerprint density at radius 2 is 2.26 bits per heavy atom. The van der Waals surface area contributed by atoms with Gasteiger partial charge in [-0.15, -0.1) is 0 Å². The smallest absolute Gasteiger partial charge is 0.339 e. The van der Waals surface area contributed by atoms with Crippen LogP contribution in [0.2, 0.25) is 0 Å². The number of amides is 1. The Balaban J connectivity index is 1.89. The molecule has 2 heterocycles. The van der Waals surface area contributed by atoms with Gasteiger partial charge >= 0.3 is 5.97 Å². The number of aromatic carboxylic acids is 1. The second-order valence-corrected chi connectivity index (χ2v) is 4.14. The molecule has 2 rings (SSSR count). The van der Waals surface area contributed by atoms with Crippen LogP contribution in [-0.2, 0) is 20.8 Å². The summed E-state index contributed by atoms with van der Waals surface area (Å²) in [7, 11) is 0. The number of hydrogen-bond acceptors (Lipinski definition) is 5. The van der Waals surface area contributed by atoms with Gasteiger partial charge in [-0.25, -0.2) is 4.79 Å². The quantitative estimate of drug-likeness (QED) is 0.816. The van der Waals surface area contributed by atoms with Gasteiger partial charge in [-0.1, -0.05) is 0 Å². The molecule has 1 aromatic heterocycles. The molecule has 0 radical (unpaired) electrons. The predicted octanol–water partition coefficient (Wildman–Crippen LogP) is 0.318.